The van der Waals surface area contributed by atoms with Crippen LogP contribution in [0, 0.1) is 0 Å². The van der Waals surface area contributed by atoms with Gasteiger partial charge in [-0.1, -0.05) is 18.2 Å². The quantitative estimate of drug-likeness (QED) is 0.739. The van der Waals surface area contributed by atoms with Gasteiger partial charge in [0.1, 0.15) is 0 Å². The molecule has 2 aliphatic heterocycles. The topological polar surface area (TPSA) is 27.3 Å². The molecule has 16 heavy (non-hydrogen) atoms. The molecule has 0 aliphatic carbocycles. The molecule has 0 amide bonds. The fourth-order valence-electron chi connectivity index (χ4n) is 2.19. The van der Waals surface area contributed by atoms with Crippen LogP contribution in [0.4, 0.5) is 5.69 Å². The van der Waals surface area contributed by atoms with Crippen molar-refractivity contribution in [3.63, 3.8) is 0 Å². The number of fused-ring (bicyclic) bond motifs is 1. The van der Waals surface area contributed by atoms with Gasteiger partial charge in [0.25, 0.3) is 0 Å². The van der Waals surface area contributed by atoms with Crippen molar-refractivity contribution < 1.29 is 0 Å². The van der Waals surface area contributed by atoms with Gasteiger partial charge >= 0.3 is 0 Å². The van der Waals surface area contributed by atoms with E-state index >= 15 is 0 Å². The number of benzene rings is 1. The van der Waals surface area contributed by atoms with Crippen molar-refractivity contribution in [2.24, 2.45) is 0 Å². The number of hydrogen-bond acceptors (Lipinski definition) is 3. The van der Waals surface area contributed by atoms with Crippen LogP contribution in [0.3, 0.4) is 0 Å². The Bertz CT molecular complexity index is 434. The van der Waals surface area contributed by atoms with E-state index in [0.717, 1.165) is 19.8 Å². The number of para-hydroxylation sites is 1. The van der Waals surface area contributed by atoms with Gasteiger partial charge in [0, 0.05) is 36.2 Å². The van der Waals surface area contributed by atoms with Gasteiger partial charge in [-0.05, 0) is 18.2 Å². The van der Waals surface area contributed by atoms with Crippen LogP contribution in [-0.4, -0.2) is 19.8 Å². The minimum Gasteiger partial charge on any atom is -0.387 e. The lowest BCUT2D eigenvalue weighted by atomic mass is 10.1. The Morgan fingerprint density at radius 3 is 2.88 bits per heavy atom. The van der Waals surface area contributed by atoms with Crippen LogP contribution in [-0.2, 0) is 0 Å². The fraction of sp³-hybridized carbons (Fsp3) is 0.231. The van der Waals surface area contributed by atoms with Gasteiger partial charge in [-0.15, -0.1) is 0 Å². The van der Waals surface area contributed by atoms with E-state index in [1.54, 1.807) is 0 Å². The molecule has 2 N–H and O–H groups in total. The summed E-state index contributed by atoms with van der Waals surface area (Å²) in [6.45, 7) is 2.75. The molecule has 0 aromatic heterocycles. The van der Waals surface area contributed by atoms with Gasteiger partial charge < -0.3 is 10.2 Å². The molecule has 0 atom stereocenters. The number of hydrogen-bond donors (Lipinski definition) is 2. The number of nitrogens with zero attached hydrogens (tertiary/aromatic N) is 1. The molecule has 82 valence electrons. The van der Waals surface area contributed by atoms with Gasteiger partial charge in [-0.2, -0.15) is 0 Å². The maximum atomic E-state index is 3.41. The molecule has 2 aliphatic rings. The molecule has 3 nitrogen and oxygen atoms in total. The molecule has 0 radical (unpaired) electrons. The summed E-state index contributed by atoms with van der Waals surface area (Å²) < 4.78 is 0. The standard InChI is InChI=1S/C13H15N3/c1-2-4-12(5-3-1)16-10-15-9-11-8-14-7-6-13(11)16/h1-6,8,14-15H,7,9-10H2. The molecule has 1 saturated heterocycles. The molecule has 3 rings (SSSR count). The average molecular weight is 213 g/mol. The summed E-state index contributed by atoms with van der Waals surface area (Å²) in [4.78, 5) is 2.32. The lowest BCUT2D eigenvalue weighted by Gasteiger charge is -2.35. The normalized spacial score (nSPS) is 19.4. The average Bonchev–Trinajstić information content (AvgIpc) is 2.39. The van der Waals surface area contributed by atoms with Crippen molar-refractivity contribution >= 4 is 5.69 Å². The summed E-state index contributed by atoms with van der Waals surface area (Å²) in [5.41, 5.74) is 3.92. The first-order valence-corrected chi connectivity index (χ1v) is 5.61. The maximum Gasteiger partial charge on any atom is 0.0734 e. The second kappa shape index (κ2) is 4.02. The van der Waals surface area contributed by atoms with Gasteiger partial charge in [0.05, 0.1) is 6.67 Å². The van der Waals surface area contributed by atoms with Crippen LogP contribution in [0.25, 0.3) is 0 Å². The fourth-order valence-corrected chi connectivity index (χ4v) is 2.19. The SMILES string of the molecule is C1=C2CNCN(c3ccccc3)C2=CCN1. The van der Waals surface area contributed by atoms with Crippen molar-refractivity contribution in [2.45, 2.75) is 0 Å². The zero-order valence-electron chi connectivity index (χ0n) is 9.11. The molecule has 1 aromatic carbocycles. The van der Waals surface area contributed by atoms with E-state index in [9.17, 15) is 0 Å². The van der Waals surface area contributed by atoms with Crippen molar-refractivity contribution in [2.75, 3.05) is 24.7 Å². The third-order valence-electron chi connectivity index (χ3n) is 2.96. The van der Waals surface area contributed by atoms with E-state index in [1.807, 2.05) is 0 Å². The van der Waals surface area contributed by atoms with E-state index in [1.165, 1.54) is 17.0 Å². The van der Waals surface area contributed by atoms with E-state index < -0.39 is 0 Å². The predicted octanol–water partition coefficient (Wildman–Crippen LogP) is 1.42. The van der Waals surface area contributed by atoms with Crippen LogP contribution in [0.2, 0.25) is 0 Å². The second-order valence-corrected chi connectivity index (χ2v) is 4.02. The van der Waals surface area contributed by atoms with Crippen LogP contribution in [0.15, 0.2) is 53.9 Å². The summed E-state index contributed by atoms with van der Waals surface area (Å²) in [5, 5.41) is 6.66. The van der Waals surface area contributed by atoms with Crippen LogP contribution < -0.4 is 15.5 Å². The maximum absolute atomic E-state index is 3.41. The summed E-state index contributed by atoms with van der Waals surface area (Å²) in [7, 11) is 0. The van der Waals surface area contributed by atoms with E-state index in [2.05, 4.69) is 58.1 Å². The first-order valence-electron chi connectivity index (χ1n) is 5.61. The first-order chi connectivity index (χ1) is 7.95. The van der Waals surface area contributed by atoms with Gasteiger partial charge in [-0.3, -0.25) is 5.32 Å². The zero-order valence-corrected chi connectivity index (χ0v) is 9.11. The molecule has 0 unspecified atom stereocenters. The molecule has 0 saturated carbocycles. The first kappa shape index (κ1) is 9.48. The summed E-state index contributed by atoms with van der Waals surface area (Å²) in [6.07, 6.45) is 4.36. The zero-order chi connectivity index (χ0) is 10.8. The van der Waals surface area contributed by atoms with E-state index in [0.29, 0.717) is 0 Å². The Kier molecular flexibility index (Phi) is 2.38. The number of rotatable bonds is 1. The molecule has 3 heteroatoms. The van der Waals surface area contributed by atoms with Crippen molar-refractivity contribution in [1.82, 2.24) is 10.6 Å². The molecule has 0 bridgehead atoms. The van der Waals surface area contributed by atoms with Gasteiger partial charge in [-0.25, -0.2) is 0 Å². The third kappa shape index (κ3) is 1.59. The Morgan fingerprint density at radius 1 is 1.12 bits per heavy atom. The molecule has 0 spiro atoms. The smallest absolute Gasteiger partial charge is 0.0734 e. The lowest BCUT2D eigenvalue weighted by molar-refractivity contribution is 0.662. The number of nitrogens with one attached hydrogen (secondary N) is 2. The molecule has 1 fully saturated rings. The second-order valence-electron chi connectivity index (χ2n) is 4.02. The Balaban J connectivity index is 1.96. The minimum absolute atomic E-state index is 0.882. The Hall–Kier alpha value is -1.74. The van der Waals surface area contributed by atoms with Crippen molar-refractivity contribution in [3.8, 4) is 0 Å². The van der Waals surface area contributed by atoms with Crippen LogP contribution in [0.1, 0.15) is 0 Å². The Labute approximate surface area is 95.5 Å². The van der Waals surface area contributed by atoms with Crippen LogP contribution in [0.5, 0.6) is 0 Å². The lowest BCUT2D eigenvalue weighted by Crippen LogP contribution is -2.43. The predicted molar refractivity (Wildman–Crippen MR) is 66.0 cm³/mol. The summed E-state index contributed by atoms with van der Waals surface area (Å²) >= 11 is 0. The molecule has 1 aromatic rings. The monoisotopic (exact) mass is 213 g/mol. The highest BCUT2D eigenvalue weighted by Crippen LogP contribution is 2.26. The van der Waals surface area contributed by atoms with Crippen LogP contribution >= 0.6 is 0 Å². The Morgan fingerprint density at radius 2 is 2.00 bits per heavy atom. The molecular formula is C13H15N3. The van der Waals surface area contributed by atoms with Crippen molar-refractivity contribution in [3.05, 3.63) is 53.9 Å². The van der Waals surface area contributed by atoms with Gasteiger partial charge in [0.15, 0.2) is 0 Å². The third-order valence-corrected chi connectivity index (χ3v) is 2.96. The molecular weight excluding hydrogens is 198 g/mol. The minimum atomic E-state index is 0.882. The van der Waals surface area contributed by atoms with E-state index in [4.69, 9.17) is 0 Å². The van der Waals surface area contributed by atoms with E-state index in [-0.39, 0.29) is 0 Å². The summed E-state index contributed by atoms with van der Waals surface area (Å²) in [5.74, 6) is 0. The van der Waals surface area contributed by atoms with Crippen molar-refractivity contribution in [1.29, 1.82) is 0 Å². The highest BCUT2D eigenvalue weighted by Gasteiger charge is 2.21. The highest BCUT2D eigenvalue weighted by molar-refractivity contribution is 5.58. The number of dihydropyridines is 1. The van der Waals surface area contributed by atoms with Gasteiger partial charge in [0.2, 0.25) is 0 Å². The highest BCUT2D eigenvalue weighted by atomic mass is 15.3. The molecule has 2 heterocycles. The summed E-state index contributed by atoms with van der Waals surface area (Å²) in [6, 6.07) is 10.5. The number of anilines is 1. The largest absolute Gasteiger partial charge is 0.387 e.